The van der Waals surface area contributed by atoms with Crippen molar-refractivity contribution < 1.29 is 24.2 Å². The number of nitrogens with one attached hydrogen (secondary N) is 2. The summed E-state index contributed by atoms with van der Waals surface area (Å²) in [6.07, 6.45) is 1.94. The summed E-state index contributed by atoms with van der Waals surface area (Å²) >= 11 is 0. The zero-order valence-electron chi connectivity index (χ0n) is 11.7. The fourth-order valence-corrected chi connectivity index (χ4v) is 2.12. The minimum atomic E-state index is -1.12. The average molecular weight is 294 g/mol. The summed E-state index contributed by atoms with van der Waals surface area (Å²) in [5.74, 6) is -0.651. The summed E-state index contributed by atoms with van der Waals surface area (Å²) in [6, 6.07) is 3.91. The number of hydrogen-bond donors (Lipinski definition) is 3. The first-order valence-electron chi connectivity index (χ1n) is 6.68. The van der Waals surface area contributed by atoms with Crippen LogP contribution in [-0.2, 0) is 4.74 Å². The van der Waals surface area contributed by atoms with Crippen molar-refractivity contribution in [2.75, 3.05) is 25.6 Å². The molecule has 1 aromatic rings. The van der Waals surface area contributed by atoms with E-state index in [1.165, 1.54) is 25.3 Å². The second-order valence-corrected chi connectivity index (χ2v) is 4.69. The molecule has 1 aromatic carbocycles. The zero-order valence-corrected chi connectivity index (χ0v) is 11.7. The van der Waals surface area contributed by atoms with E-state index in [9.17, 15) is 9.59 Å². The fourth-order valence-electron chi connectivity index (χ4n) is 2.12. The van der Waals surface area contributed by atoms with Gasteiger partial charge in [-0.15, -0.1) is 0 Å². The van der Waals surface area contributed by atoms with E-state index in [2.05, 4.69) is 10.6 Å². The van der Waals surface area contributed by atoms with Gasteiger partial charge in [-0.2, -0.15) is 0 Å². The van der Waals surface area contributed by atoms with Crippen molar-refractivity contribution in [3.05, 3.63) is 23.8 Å². The molecular formula is C14H18N2O5. The highest BCUT2D eigenvalue weighted by Crippen LogP contribution is 2.22. The van der Waals surface area contributed by atoms with Crippen LogP contribution in [0.25, 0.3) is 0 Å². The summed E-state index contributed by atoms with van der Waals surface area (Å²) in [7, 11) is 1.47. The van der Waals surface area contributed by atoms with Gasteiger partial charge in [0.15, 0.2) is 0 Å². The van der Waals surface area contributed by atoms with Crippen molar-refractivity contribution in [2.24, 2.45) is 0 Å². The molecule has 114 valence electrons. The van der Waals surface area contributed by atoms with E-state index >= 15 is 0 Å². The third kappa shape index (κ3) is 4.09. The highest BCUT2D eigenvalue weighted by atomic mass is 16.5. The molecule has 0 spiro atoms. The smallest absolute Gasteiger partial charge is 0.337 e. The van der Waals surface area contributed by atoms with Crippen LogP contribution in [0.2, 0.25) is 0 Å². The van der Waals surface area contributed by atoms with Crippen LogP contribution in [0.5, 0.6) is 5.75 Å². The van der Waals surface area contributed by atoms with Gasteiger partial charge in [-0.3, -0.25) is 0 Å². The number of carboxylic acids is 1. The standard InChI is InChI=1S/C14H18N2O5/c1-20-9-4-5-11(13(17)18)12(7-9)16-14(19)15-8-10-3-2-6-21-10/h4-5,7,10H,2-3,6,8H2,1H3,(H,17,18)(H2,15,16,19). The van der Waals surface area contributed by atoms with E-state index in [4.69, 9.17) is 14.6 Å². The van der Waals surface area contributed by atoms with Gasteiger partial charge in [-0.25, -0.2) is 9.59 Å². The Labute approximate surface area is 122 Å². The molecule has 0 aliphatic carbocycles. The number of hydrogen-bond acceptors (Lipinski definition) is 4. The van der Waals surface area contributed by atoms with Crippen LogP contribution < -0.4 is 15.4 Å². The molecule has 0 saturated carbocycles. The SMILES string of the molecule is COc1ccc(C(=O)O)c(NC(=O)NCC2CCCO2)c1. The zero-order chi connectivity index (χ0) is 15.2. The van der Waals surface area contributed by atoms with Crippen molar-refractivity contribution in [3.63, 3.8) is 0 Å². The Morgan fingerprint density at radius 2 is 2.29 bits per heavy atom. The number of amides is 2. The van der Waals surface area contributed by atoms with Crippen molar-refractivity contribution >= 4 is 17.7 Å². The van der Waals surface area contributed by atoms with E-state index in [1.54, 1.807) is 0 Å². The molecular weight excluding hydrogens is 276 g/mol. The molecule has 3 N–H and O–H groups in total. The molecule has 0 bridgehead atoms. The molecule has 1 fully saturated rings. The molecule has 1 unspecified atom stereocenters. The first-order valence-corrected chi connectivity index (χ1v) is 6.68. The van der Waals surface area contributed by atoms with Gasteiger partial charge in [-0.1, -0.05) is 0 Å². The number of carbonyl (C=O) groups is 2. The molecule has 2 amide bonds. The van der Waals surface area contributed by atoms with Gasteiger partial charge >= 0.3 is 12.0 Å². The maximum atomic E-state index is 11.8. The lowest BCUT2D eigenvalue weighted by Crippen LogP contribution is -2.35. The molecule has 7 heteroatoms. The normalized spacial score (nSPS) is 17.3. The van der Waals surface area contributed by atoms with E-state index in [0.29, 0.717) is 18.9 Å². The Bertz CT molecular complexity index is 526. The van der Waals surface area contributed by atoms with Gasteiger partial charge in [0.2, 0.25) is 0 Å². The number of ether oxygens (including phenoxy) is 2. The molecule has 0 aromatic heterocycles. The molecule has 0 radical (unpaired) electrons. The van der Waals surface area contributed by atoms with E-state index in [1.807, 2.05) is 0 Å². The van der Waals surface area contributed by atoms with Crippen LogP contribution in [0.3, 0.4) is 0 Å². The third-order valence-electron chi connectivity index (χ3n) is 3.22. The number of aromatic carboxylic acids is 1. The lowest BCUT2D eigenvalue weighted by atomic mass is 10.1. The van der Waals surface area contributed by atoms with Crippen LogP contribution in [-0.4, -0.2) is 43.5 Å². The van der Waals surface area contributed by atoms with Crippen molar-refractivity contribution in [3.8, 4) is 5.75 Å². The second kappa shape index (κ2) is 6.94. The minimum Gasteiger partial charge on any atom is -0.497 e. The maximum Gasteiger partial charge on any atom is 0.337 e. The number of methoxy groups -OCH3 is 1. The summed E-state index contributed by atoms with van der Waals surface area (Å²) in [4.78, 5) is 23.0. The largest absolute Gasteiger partial charge is 0.497 e. The Balaban J connectivity index is 1.99. The van der Waals surface area contributed by atoms with Crippen LogP contribution in [0.4, 0.5) is 10.5 Å². The number of carbonyl (C=O) groups excluding carboxylic acids is 1. The molecule has 1 aliphatic heterocycles. The summed E-state index contributed by atoms with van der Waals surface area (Å²) in [6.45, 7) is 1.12. The summed E-state index contributed by atoms with van der Waals surface area (Å²) in [5.41, 5.74) is 0.190. The second-order valence-electron chi connectivity index (χ2n) is 4.69. The topological polar surface area (TPSA) is 96.9 Å². The van der Waals surface area contributed by atoms with Gasteiger partial charge in [0.05, 0.1) is 24.5 Å². The number of benzene rings is 1. The summed E-state index contributed by atoms with van der Waals surface area (Å²) < 4.78 is 10.4. The predicted molar refractivity (Wildman–Crippen MR) is 75.9 cm³/mol. The van der Waals surface area contributed by atoms with Crippen LogP contribution in [0, 0.1) is 0 Å². The third-order valence-corrected chi connectivity index (χ3v) is 3.22. The van der Waals surface area contributed by atoms with Crippen LogP contribution >= 0.6 is 0 Å². The molecule has 7 nitrogen and oxygen atoms in total. The van der Waals surface area contributed by atoms with Gasteiger partial charge in [0.1, 0.15) is 5.75 Å². The lowest BCUT2D eigenvalue weighted by Gasteiger charge is -2.13. The number of urea groups is 1. The van der Waals surface area contributed by atoms with Crippen molar-refractivity contribution in [1.29, 1.82) is 0 Å². The van der Waals surface area contributed by atoms with Crippen molar-refractivity contribution in [2.45, 2.75) is 18.9 Å². The van der Waals surface area contributed by atoms with Gasteiger partial charge < -0.3 is 25.2 Å². The van der Waals surface area contributed by atoms with Gasteiger partial charge in [0.25, 0.3) is 0 Å². The Hall–Kier alpha value is -2.28. The monoisotopic (exact) mass is 294 g/mol. The highest BCUT2D eigenvalue weighted by Gasteiger charge is 2.17. The van der Waals surface area contributed by atoms with Gasteiger partial charge in [0, 0.05) is 19.2 Å². The molecule has 2 rings (SSSR count). The van der Waals surface area contributed by atoms with E-state index < -0.39 is 12.0 Å². The number of carboxylic acid groups (broad SMARTS) is 1. The molecule has 1 heterocycles. The predicted octanol–water partition coefficient (Wildman–Crippen LogP) is 1.69. The number of rotatable bonds is 5. The maximum absolute atomic E-state index is 11.8. The summed E-state index contributed by atoms with van der Waals surface area (Å²) in [5, 5.41) is 14.3. The van der Waals surface area contributed by atoms with E-state index in [0.717, 1.165) is 12.8 Å². The Kier molecular flexibility index (Phi) is 4.99. The molecule has 1 saturated heterocycles. The quantitative estimate of drug-likeness (QED) is 0.768. The Morgan fingerprint density at radius 1 is 1.48 bits per heavy atom. The van der Waals surface area contributed by atoms with E-state index in [-0.39, 0.29) is 17.4 Å². The Morgan fingerprint density at radius 3 is 2.90 bits per heavy atom. The molecule has 1 aliphatic rings. The fraction of sp³-hybridized carbons (Fsp3) is 0.429. The first kappa shape index (κ1) is 15.1. The lowest BCUT2D eigenvalue weighted by molar-refractivity contribution is 0.0698. The number of anilines is 1. The average Bonchev–Trinajstić information content (AvgIpc) is 2.98. The van der Waals surface area contributed by atoms with Gasteiger partial charge in [-0.05, 0) is 25.0 Å². The van der Waals surface area contributed by atoms with Crippen LogP contribution in [0.15, 0.2) is 18.2 Å². The minimum absolute atomic E-state index is 0.00284. The highest BCUT2D eigenvalue weighted by molar-refractivity contribution is 6.00. The van der Waals surface area contributed by atoms with Crippen LogP contribution in [0.1, 0.15) is 23.2 Å². The molecule has 21 heavy (non-hydrogen) atoms. The van der Waals surface area contributed by atoms with Crippen molar-refractivity contribution in [1.82, 2.24) is 5.32 Å². The first-order chi connectivity index (χ1) is 10.1. The molecule has 1 atom stereocenters.